The van der Waals surface area contributed by atoms with E-state index in [4.69, 9.17) is 4.42 Å². The molecule has 1 aliphatic rings. The maximum absolute atomic E-state index is 12.6. The summed E-state index contributed by atoms with van der Waals surface area (Å²) in [6, 6.07) is 13.8. The lowest BCUT2D eigenvalue weighted by molar-refractivity contribution is -0.132. The highest BCUT2D eigenvalue weighted by molar-refractivity contribution is 5.77. The van der Waals surface area contributed by atoms with Crippen LogP contribution < -0.4 is 0 Å². The van der Waals surface area contributed by atoms with Gasteiger partial charge in [0, 0.05) is 36.8 Å². The van der Waals surface area contributed by atoms with Crippen molar-refractivity contribution in [3.63, 3.8) is 0 Å². The van der Waals surface area contributed by atoms with Crippen LogP contribution in [0.1, 0.15) is 36.9 Å². The summed E-state index contributed by atoms with van der Waals surface area (Å²) in [7, 11) is 0. The number of hydrogen-bond donors (Lipinski definition) is 1. The van der Waals surface area contributed by atoms with Gasteiger partial charge in [0.05, 0.1) is 6.04 Å². The van der Waals surface area contributed by atoms with Gasteiger partial charge in [0.2, 0.25) is 17.7 Å². The van der Waals surface area contributed by atoms with Crippen molar-refractivity contribution in [3.05, 3.63) is 60.2 Å². The zero-order valence-corrected chi connectivity index (χ0v) is 13.9. The molecule has 1 fully saturated rings. The number of H-pyrrole nitrogens is 1. The van der Waals surface area contributed by atoms with Crippen molar-refractivity contribution in [3.8, 4) is 11.5 Å². The normalized spacial score (nSPS) is 17.1. The van der Waals surface area contributed by atoms with E-state index in [-0.39, 0.29) is 11.9 Å². The van der Waals surface area contributed by atoms with E-state index in [0.717, 1.165) is 30.6 Å². The van der Waals surface area contributed by atoms with E-state index in [1.165, 1.54) is 0 Å². The Labute approximate surface area is 145 Å². The van der Waals surface area contributed by atoms with Crippen molar-refractivity contribution in [2.45, 2.75) is 31.7 Å². The predicted molar refractivity (Wildman–Crippen MR) is 92.5 cm³/mol. The molecule has 25 heavy (non-hydrogen) atoms. The smallest absolute Gasteiger partial charge is 0.247 e. The third-order valence-electron chi connectivity index (χ3n) is 4.59. The molecule has 1 saturated heterocycles. The SMILES string of the molecule is O=C(CCc1nnc(-c2ccccc2)o1)N1CCCC1c1ccc[nH]1. The first-order chi connectivity index (χ1) is 12.3. The van der Waals surface area contributed by atoms with Crippen LogP contribution in [-0.2, 0) is 11.2 Å². The second kappa shape index (κ2) is 6.93. The topological polar surface area (TPSA) is 75.0 Å². The third kappa shape index (κ3) is 3.33. The molecule has 6 nitrogen and oxygen atoms in total. The van der Waals surface area contributed by atoms with E-state index in [0.29, 0.717) is 24.6 Å². The van der Waals surface area contributed by atoms with Crippen LogP contribution in [0.2, 0.25) is 0 Å². The Morgan fingerprint density at radius 2 is 2.08 bits per heavy atom. The van der Waals surface area contributed by atoms with Crippen LogP contribution in [0.25, 0.3) is 11.5 Å². The molecule has 0 aliphatic carbocycles. The maximum Gasteiger partial charge on any atom is 0.247 e. The van der Waals surface area contributed by atoms with Crippen molar-refractivity contribution >= 4 is 5.91 Å². The number of aromatic amines is 1. The number of nitrogens with zero attached hydrogens (tertiary/aromatic N) is 3. The number of nitrogens with one attached hydrogen (secondary N) is 1. The fraction of sp³-hybridized carbons (Fsp3) is 0.316. The molecular formula is C19H20N4O2. The molecule has 1 amide bonds. The van der Waals surface area contributed by atoms with E-state index in [2.05, 4.69) is 15.2 Å². The molecule has 1 atom stereocenters. The molecule has 4 rings (SSSR count). The summed E-state index contributed by atoms with van der Waals surface area (Å²) in [6.45, 7) is 0.807. The predicted octanol–water partition coefficient (Wildman–Crippen LogP) is 3.36. The molecule has 3 heterocycles. The second-order valence-electron chi connectivity index (χ2n) is 6.24. The number of carbonyl (C=O) groups excluding carboxylic acids is 1. The number of aromatic nitrogens is 3. The molecular weight excluding hydrogens is 316 g/mol. The van der Waals surface area contributed by atoms with Gasteiger partial charge in [-0.1, -0.05) is 18.2 Å². The monoisotopic (exact) mass is 336 g/mol. The molecule has 3 aromatic rings. The average Bonchev–Trinajstić information content (AvgIpc) is 3.41. The lowest BCUT2D eigenvalue weighted by Gasteiger charge is -2.23. The number of amides is 1. The number of carbonyl (C=O) groups is 1. The molecule has 6 heteroatoms. The largest absolute Gasteiger partial charge is 0.421 e. The zero-order chi connectivity index (χ0) is 17.1. The summed E-state index contributed by atoms with van der Waals surface area (Å²) >= 11 is 0. The average molecular weight is 336 g/mol. The zero-order valence-electron chi connectivity index (χ0n) is 13.9. The number of benzene rings is 1. The number of hydrogen-bond acceptors (Lipinski definition) is 4. The molecule has 1 unspecified atom stereocenters. The summed E-state index contributed by atoms with van der Waals surface area (Å²) in [4.78, 5) is 17.8. The quantitative estimate of drug-likeness (QED) is 0.775. The summed E-state index contributed by atoms with van der Waals surface area (Å²) in [5, 5.41) is 8.14. The van der Waals surface area contributed by atoms with Crippen LogP contribution >= 0.6 is 0 Å². The van der Waals surface area contributed by atoms with Gasteiger partial charge in [-0.25, -0.2) is 0 Å². The van der Waals surface area contributed by atoms with Crippen molar-refractivity contribution < 1.29 is 9.21 Å². The van der Waals surface area contributed by atoms with Gasteiger partial charge in [-0.3, -0.25) is 4.79 Å². The van der Waals surface area contributed by atoms with E-state index < -0.39 is 0 Å². The van der Waals surface area contributed by atoms with Gasteiger partial charge in [-0.15, -0.1) is 10.2 Å². The molecule has 0 saturated carbocycles. The number of likely N-dealkylation sites (tertiary alicyclic amines) is 1. The van der Waals surface area contributed by atoms with E-state index >= 15 is 0 Å². The van der Waals surface area contributed by atoms with Gasteiger partial charge < -0.3 is 14.3 Å². The molecule has 1 aromatic carbocycles. The first-order valence-corrected chi connectivity index (χ1v) is 8.62. The standard InChI is InChI=1S/C19H20N4O2/c24-18(23-13-5-9-16(23)15-8-4-12-20-15)11-10-17-21-22-19(25-17)14-6-2-1-3-7-14/h1-4,6-8,12,16,20H,5,9-11,13H2. The first kappa shape index (κ1) is 15.6. The van der Waals surface area contributed by atoms with Gasteiger partial charge in [0.1, 0.15) is 0 Å². The molecule has 1 N–H and O–H groups in total. The van der Waals surface area contributed by atoms with Crippen molar-refractivity contribution in [2.75, 3.05) is 6.54 Å². The van der Waals surface area contributed by atoms with Crippen LogP contribution in [0.5, 0.6) is 0 Å². The summed E-state index contributed by atoms with van der Waals surface area (Å²) in [5.74, 6) is 1.13. The van der Waals surface area contributed by atoms with Gasteiger partial charge in [0.25, 0.3) is 0 Å². The van der Waals surface area contributed by atoms with Gasteiger partial charge in [0.15, 0.2) is 0 Å². The molecule has 1 aliphatic heterocycles. The van der Waals surface area contributed by atoms with Crippen LogP contribution in [-0.4, -0.2) is 32.5 Å². The summed E-state index contributed by atoms with van der Waals surface area (Å²) in [6.07, 6.45) is 4.79. The maximum atomic E-state index is 12.6. The number of rotatable bonds is 5. The highest BCUT2D eigenvalue weighted by Crippen LogP contribution is 2.31. The van der Waals surface area contributed by atoms with Crippen LogP contribution in [0, 0.1) is 0 Å². The van der Waals surface area contributed by atoms with Crippen molar-refractivity contribution in [1.29, 1.82) is 0 Å². The molecule has 128 valence electrons. The molecule has 0 bridgehead atoms. The second-order valence-corrected chi connectivity index (χ2v) is 6.24. The van der Waals surface area contributed by atoms with Crippen molar-refractivity contribution in [1.82, 2.24) is 20.1 Å². The molecule has 0 spiro atoms. The van der Waals surface area contributed by atoms with Crippen LogP contribution in [0.15, 0.2) is 53.1 Å². The highest BCUT2D eigenvalue weighted by atomic mass is 16.4. The first-order valence-electron chi connectivity index (χ1n) is 8.62. The van der Waals surface area contributed by atoms with Crippen LogP contribution in [0.4, 0.5) is 0 Å². The Balaban J connectivity index is 1.38. The Morgan fingerprint density at radius 1 is 1.20 bits per heavy atom. The third-order valence-corrected chi connectivity index (χ3v) is 4.59. The van der Waals surface area contributed by atoms with E-state index in [1.807, 2.05) is 53.6 Å². The highest BCUT2D eigenvalue weighted by Gasteiger charge is 2.30. The Kier molecular flexibility index (Phi) is 4.33. The van der Waals surface area contributed by atoms with Crippen LogP contribution in [0.3, 0.4) is 0 Å². The van der Waals surface area contributed by atoms with E-state index in [9.17, 15) is 4.79 Å². The van der Waals surface area contributed by atoms with Gasteiger partial charge in [-0.05, 0) is 37.1 Å². The fourth-order valence-corrected chi connectivity index (χ4v) is 3.35. The Morgan fingerprint density at radius 3 is 2.88 bits per heavy atom. The lowest BCUT2D eigenvalue weighted by Crippen LogP contribution is -2.30. The number of aryl methyl sites for hydroxylation is 1. The molecule has 2 aromatic heterocycles. The summed E-state index contributed by atoms with van der Waals surface area (Å²) < 4.78 is 5.68. The van der Waals surface area contributed by atoms with Crippen molar-refractivity contribution in [2.24, 2.45) is 0 Å². The Bertz CT molecular complexity index is 826. The fourth-order valence-electron chi connectivity index (χ4n) is 3.35. The summed E-state index contributed by atoms with van der Waals surface area (Å²) in [5.41, 5.74) is 1.99. The minimum absolute atomic E-state index is 0.136. The Hall–Kier alpha value is -2.89. The lowest BCUT2D eigenvalue weighted by atomic mass is 10.1. The minimum Gasteiger partial charge on any atom is -0.421 e. The van der Waals surface area contributed by atoms with Gasteiger partial charge >= 0.3 is 0 Å². The van der Waals surface area contributed by atoms with E-state index in [1.54, 1.807) is 0 Å². The minimum atomic E-state index is 0.136. The van der Waals surface area contributed by atoms with Gasteiger partial charge in [-0.2, -0.15) is 0 Å². The molecule has 0 radical (unpaired) electrons.